The van der Waals surface area contributed by atoms with Crippen molar-refractivity contribution >= 4 is 5.97 Å². The molecule has 1 N–H and O–H groups in total. The zero-order valence-electron chi connectivity index (χ0n) is 11.6. The first-order valence-electron chi connectivity index (χ1n) is 6.75. The van der Waals surface area contributed by atoms with Crippen LogP contribution in [0.4, 0.5) is 0 Å². The third-order valence-corrected chi connectivity index (χ3v) is 3.43. The molecule has 1 saturated carbocycles. The second kappa shape index (κ2) is 5.47. The van der Waals surface area contributed by atoms with Crippen LogP contribution in [0.1, 0.15) is 46.2 Å². The van der Waals surface area contributed by atoms with Gasteiger partial charge in [-0.25, -0.2) is 19.7 Å². The largest absolute Gasteiger partial charge is 0.481 e. The fourth-order valence-corrected chi connectivity index (χ4v) is 2.17. The van der Waals surface area contributed by atoms with Gasteiger partial charge in [-0.05, 0) is 18.4 Å². The molecular formula is C15H15N3O3. The zero-order chi connectivity index (χ0) is 14.8. The molecule has 1 fully saturated rings. The van der Waals surface area contributed by atoms with Crippen LogP contribution in [0.3, 0.4) is 0 Å². The molecule has 0 bridgehead atoms. The van der Waals surface area contributed by atoms with Crippen LogP contribution >= 0.6 is 0 Å². The number of carbonyl (C=O) groups is 1. The average Bonchev–Trinajstić information content (AvgIpc) is 3.32. The molecule has 0 unspecified atom stereocenters. The number of carboxylic acid groups (broad SMARTS) is 1. The fourth-order valence-electron chi connectivity index (χ4n) is 2.17. The van der Waals surface area contributed by atoms with Gasteiger partial charge in [-0.3, -0.25) is 0 Å². The van der Waals surface area contributed by atoms with Crippen LogP contribution < -0.4 is 4.74 Å². The highest BCUT2D eigenvalue weighted by Gasteiger charge is 2.30. The average molecular weight is 285 g/mol. The number of hydrogen-bond acceptors (Lipinski definition) is 5. The van der Waals surface area contributed by atoms with Gasteiger partial charge in [-0.15, -0.1) is 0 Å². The molecule has 2 aromatic heterocycles. The Hall–Kier alpha value is -2.50. The van der Waals surface area contributed by atoms with E-state index in [2.05, 4.69) is 15.0 Å². The van der Waals surface area contributed by atoms with Gasteiger partial charge in [-0.2, -0.15) is 0 Å². The molecule has 0 radical (unpaired) electrons. The van der Waals surface area contributed by atoms with Crippen molar-refractivity contribution in [3.8, 4) is 5.88 Å². The predicted molar refractivity (Wildman–Crippen MR) is 74.6 cm³/mol. The number of carboxylic acids is 1. The Morgan fingerprint density at radius 2 is 2.14 bits per heavy atom. The van der Waals surface area contributed by atoms with Crippen LogP contribution in [0.25, 0.3) is 0 Å². The second-order valence-corrected chi connectivity index (χ2v) is 5.05. The summed E-state index contributed by atoms with van der Waals surface area (Å²) in [4.78, 5) is 23.9. The van der Waals surface area contributed by atoms with Crippen molar-refractivity contribution in [2.45, 2.75) is 25.2 Å². The van der Waals surface area contributed by atoms with Crippen molar-refractivity contribution in [2.24, 2.45) is 0 Å². The van der Waals surface area contributed by atoms with Gasteiger partial charge in [0.2, 0.25) is 5.88 Å². The van der Waals surface area contributed by atoms with E-state index in [0.29, 0.717) is 23.8 Å². The summed E-state index contributed by atoms with van der Waals surface area (Å²) in [7, 11) is 1.57. The minimum Gasteiger partial charge on any atom is -0.481 e. The first-order valence-corrected chi connectivity index (χ1v) is 6.75. The van der Waals surface area contributed by atoms with Crippen molar-refractivity contribution in [1.82, 2.24) is 15.0 Å². The summed E-state index contributed by atoms with van der Waals surface area (Å²) < 4.78 is 5.01. The number of nitrogens with zero attached hydrogens (tertiary/aromatic N) is 3. The molecule has 1 aliphatic carbocycles. The lowest BCUT2D eigenvalue weighted by Gasteiger charge is -2.07. The maximum absolute atomic E-state index is 11.2. The number of methoxy groups -OCH3 is 1. The van der Waals surface area contributed by atoms with E-state index in [9.17, 15) is 9.90 Å². The number of aromatic carboxylic acids is 1. The summed E-state index contributed by atoms with van der Waals surface area (Å²) in [6.07, 6.45) is 5.65. The van der Waals surface area contributed by atoms with E-state index in [1.165, 1.54) is 6.20 Å². The van der Waals surface area contributed by atoms with Gasteiger partial charge >= 0.3 is 5.97 Å². The summed E-state index contributed by atoms with van der Waals surface area (Å²) in [6.45, 7) is 0. The van der Waals surface area contributed by atoms with E-state index in [1.54, 1.807) is 19.4 Å². The monoisotopic (exact) mass is 285 g/mol. The molecule has 6 heteroatoms. The molecule has 0 amide bonds. The SMILES string of the molecule is COc1ccc(Cc2ncc(C(=O)O)c(C3CC3)n2)cn1. The number of ether oxygens (including phenoxy) is 1. The maximum Gasteiger partial charge on any atom is 0.339 e. The minimum absolute atomic E-state index is 0.217. The van der Waals surface area contributed by atoms with E-state index in [1.807, 2.05) is 6.07 Å². The molecule has 0 aliphatic heterocycles. The Balaban J connectivity index is 1.84. The summed E-state index contributed by atoms with van der Waals surface area (Å²) in [5, 5.41) is 9.18. The number of aromatic nitrogens is 3. The van der Waals surface area contributed by atoms with E-state index in [-0.39, 0.29) is 11.5 Å². The summed E-state index contributed by atoms with van der Waals surface area (Å²) >= 11 is 0. The molecule has 2 heterocycles. The van der Waals surface area contributed by atoms with Crippen molar-refractivity contribution < 1.29 is 14.6 Å². The summed E-state index contributed by atoms with van der Waals surface area (Å²) in [5.74, 6) is 0.481. The molecule has 0 spiro atoms. The van der Waals surface area contributed by atoms with Gasteiger partial charge in [0.1, 0.15) is 5.82 Å². The van der Waals surface area contributed by atoms with Crippen LogP contribution in [-0.2, 0) is 6.42 Å². The number of hydrogen-bond donors (Lipinski definition) is 1. The standard InChI is InChI=1S/C15H15N3O3/c1-21-13-5-2-9(7-17-13)6-12-16-8-11(15(19)20)14(18-12)10-3-4-10/h2,5,7-8,10H,3-4,6H2,1H3,(H,19,20). The minimum atomic E-state index is -0.963. The van der Waals surface area contributed by atoms with Gasteiger partial charge in [0.25, 0.3) is 0 Å². The topological polar surface area (TPSA) is 85.2 Å². The van der Waals surface area contributed by atoms with Gasteiger partial charge in [0, 0.05) is 30.8 Å². The van der Waals surface area contributed by atoms with Gasteiger partial charge in [0.05, 0.1) is 18.4 Å². The van der Waals surface area contributed by atoms with Crippen LogP contribution in [0.5, 0.6) is 5.88 Å². The smallest absolute Gasteiger partial charge is 0.339 e. The molecule has 0 aromatic carbocycles. The maximum atomic E-state index is 11.2. The van der Waals surface area contributed by atoms with Gasteiger partial charge in [-0.1, -0.05) is 6.07 Å². The second-order valence-electron chi connectivity index (χ2n) is 5.05. The summed E-state index contributed by atoms with van der Waals surface area (Å²) in [6, 6.07) is 3.68. The third kappa shape index (κ3) is 2.99. The van der Waals surface area contributed by atoms with Crippen molar-refractivity contribution in [3.63, 3.8) is 0 Å². The van der Waals surface area contributed by atoms with Crippen molar-refractivity contribution in [3.05, 3.63) is 47.2 Å². The van der Waals surface area contributed by atoms with Crippen molar-refractivity contribution in [1.29, 1.82) is 0 Å². The molecular weight excluding hydrogens is 270 g/mol. The zero-order valence-corrected chi connectivity index (χ0v) is 11.6. The molecule has 0 atom stereocenters. The Morgan fingerprint density at radius 1 is 1.33 bits per heavy atom. The number of rotatable bonds is 5. The van der Waals surface area contributed by atoms with Gasteiger partial charge in [0.15, 0.2) is 0 Å². The van der Waals surface area contributed by atoms with E-state index < -0.39 is 5.97 Å². The Bertz CT molecular complexity index is 666. The lowest BCUT2D eigenvalue weighted by Crippen LogP contribution is -2.08. The first kappa shape index (κ1) is 13.5. The fraction of sp³-hybridized carbons (Fsp3) is 0.333. The van der Waals surface area contributed by atoms with E-state index >= 15 is 0 Å². The molecule has 1 aliphatic rings. The first-order chi connectivity index (χ1) is 10.2. The highest BCUT2D eigenvalue weighted by Crippen LogP contribution is 2.40. The van der Waals surface area contributed by atoms with E-state index in [0.717, 1.165) is 18.4 Å². The molecule has 0 saturated heterocycles. The lowest BCUT2D eigenvalue weighted by atomic mass is 10.1. The Kier molecular flexibility index (Phi) is 3.51. The van der Waals surface area contributed by atoms with Crippen molar-refractivity contribution in [2.75, 3.05) is 7.11 Å². The molecule has 6 nitrogen and oxygen atoms in total. The van der Waals surface area contributed by atoms with Gasteiger partial charge < -0.3 is 9.84 Å². The molecule has 2 aromatic rings. The highest BCUT2D eigenvalue weighted by atomic mass is 16.5. The quantitative estimate of drug-likeness (QED) is 0.905. The van der Waals surface area contributed by atoms with Crippen LogP contribution in [-0.4, -0.2) is 33.1 Å². The molecule has 108 valence electrons. The number of pyridine rings is 1. The third-order valence-electron chi connectivity index (χ3n) is 3.43. The Morgan fingerprint density at radius 3 is 2.71 bits per heavy atom. The van der Waals surface area contributed by atoms with Crippen LogP contribution in [0.2, 0.25) is 0 Å². The normalized spacial score (nSPS) is 14.0. The van der Waals surface area contributed by atoms with Crippen LogP contribution in [0, 0.1) is 0 Å². The molecule has 3 rings (SSSR count). The van der Waals surface area contributed by atoms with Crippen LogP contribution in [0.15, 0.2) is 24.5 Å². The van der Waals surface area contributed by atoms with E-state index in [4.69, 9.17) is 4.74 Å². The lowest BCUT2D eigenvalue weighted by molar-refractivity contribution is 0.0694. The molecule has 21 heavy (non-hydrogen) atoms. The summed E-state index contributed by atoms with van der Waals surface area (Å²) in [5.41, 5.74) is 1.84. The predicted octanol–water partition coefficient (Wildman–Crippen LogP) is 2.05. The highest BCUT2D eigenvalue weighted by molar-refractivity contribution is 5.88. The Labute approximate surface area is 121 Å².